The van der Waals surface area contributed by atoms with Gasteiger partial charge in [0.25, 0.3) is 5.91 Å². The van der Waals surface area contributed by atoms with Crippen LogP contribution in [0.2, 0.25) is 0 Å². The number of β-amino-alcohol motifs (C(OH)–C–C–N with tert-alkyl or cyclic N) is 1. The highest BCUT2D eigenvalue weighted by Crippen LogP contribution is 2.40. The first kappa shape index (κ1) is 18.8. The van der Waals surface area contributed by atoms with Crippen LogP contribution in [-0.4, -0.2) is 59.0 Å². The number of halogens is 1. The lowest BCUT2D eigenvalue weighted by Crippen LogP contribution is -2.53. The number of piperidine rings is 2. The van der Waals surface area contributed by atoms with E-state index < -0.39 is 6.10 Å². The molecule has 2 amide bonds. The minimum atomic E-state index is -0.535. The summed E-state index contributed by atoms with van der Waals surface area (Å²) in [5, 5.41) is 9.61. The van der Waals surface area contributed by atoms with Gasteiger partial charge in [-0.3, -0.25) is 9.59 Å². The minimum Gasteiger partial charge on any atom is -0.392 e. The van der Waals surface area contributed by atoms with E-state index in [4.69, 9.17) is 0 Å². The molecule has 0 aromatic heterocycles. The number of carbonyl (C=O) groups is 2. The van der Waals surface area contributed by atoms with Crippen molar-refractivity contribution in [2.45, 2.75) is 45.6 Å². The first-order valence-electron chi connectivity index (χ1n) is 9.31. The number of rotatable bonds is 3. The molecule has 2 heterocycles. The topological polar surface area (TPSA) is 60.9 Å². The van der Waals surface area contributed by atoms with Gasteiger partial charge in [-0.2, -0.15) is 0 Å². The molecule has 0 unspecified atom stereocenters. The number of hydrogen-bond donors (Lipinski definition) is 1. The summed E-state index contributed by atoms with van der Waals surface area (Å²) in [6.45, 7) is 5.62. The predicted octanol–water partition coefficient (Wildman–Crippen LogP) is 2.36. The van der Waals surface area contributed by atoms with Crippen molar-refractivity contribution in [3.8, 4) is 0 Å². The summed E-state index contributed by atoms with van der Waals surface area (Å²) in [6, 6.07) is 4.62. The Labute approximate surface area is 153 Å². The summed E-state index contributed by atoms with van der Waals surface area (Å²) >= 11 is 0. The van der Waals surface area contributed by atoms with Crippen molar-refractivity contribution < 1.29 is 19.1 Å². The fraction of sp³-hybridized carbons (Fsp3) is 0.600. The van der Waals surface area contributed by atoms with Crippen LogP contribution < -0.4 is 0 Å². The van der Waals surface area contributed by atoms with Gasteiger partial charge in [-0.25, -0.2) is 4.39 Å². The Morgan fingerprint density at radius 2 is 2.00 bits per heavy atom. The second-order valence-corrected chi connectivity index (χ2v) is 7.88. The van der Waals surface area contributed by atoms with Gasteiger partial charge >= 0.3 is 0 Å². The second-order valence-electron chi connectivity index (χ2n) is 7.88. The van der Waals surface area contributed by atoms with Crippen LogP contribution in [0, 0.1) is 18.2 Å². The van der Waals surface area contributed by atoms with E-state index in [-0.39, 0.29) is 23.0 Å². The Morgan fingerprint density at radius 3 is 2.62 bits per heavy atom. The van der Waals surface area contributed by atoms with E-state index in [1.54, 1.807) is 35.8 Å². The molecule has 1 spiro atoms. The quantitative estimate of drug-likeness (QED) is 0.898. The second kappa shape index (κ2) is 7.35. The van der Waals surface area contributed by atoms with E-state index >= 15 is 0 Å². The molecule has 26 heavy (non-hydrogen) atoms. The lowest BCUT2D eigenvalue weighted by Gasteiger charge is -2.47. The number of hydrogen-bond acceptors (Lipinski definition) is 3. The third-order valence-electron chi connectivity index (χ3n) is 5.76. The zero-order valence-electron chi connectivity index (χ0n) is 15.5. The number of carbonyl (C=O) groups excluding carboxylic acids is 2. The zero-order valence-corrected chi connectivity index (χ0v) is 15.5. The monoisotopic (exact) mass is 362 g/mol. The number of benzene rings is 1. The largest absolute Gasteiger partial charge is 0.392 e. The summed E-state index contributed by atoms with van der Waals surface area (Å²) < 4.78 is 13.7. The maximum Gasteiger partial charge on any atom is 0.253 e. The number of likely N-dealkylation sites (tertiary alicyclic amines) is 2. The molecule has 2 aliphatic heterocycles. The first-order chi connectivity index (χ1) is 12.3. The van der Waals surface area contributed by atoms with E-state index in [0.29, 0.717) is 43.7 Å². The molecule has 2 saturated heterocycles. The van der Waals surface area contributed by atoms with Crippen LogP contribution in [0.25, 0.3) is 0 Å². The SMILES string of the molecule is Cc1ccc(C(=O)N2CCC3(CCC(=O)N(C[C@@H](C)O)C3)CC2)cc1F. The zero-order chi connectivity index (χ0) is 18.9. The molecule has 2 aliphatic rings. The molecule has 6 heteroatoms. The number of aryl methyl sites for hydroxylation is 1. The fourth-order valence-corrected chi connectivity index (χ4v) is 4.09. The molecule has 142 valence electrons. The van der Waals surface area contributed by atoms with Crippen molar-refractivity contribution in [3.05, 3.63) is 35.1 Å². The Hall–Kier alpha value is -1.95. The van der Waals surface area contributed by atoms with Gasteiger partial charge in [-0.15, -0.1) is 0 Å². The van der Waals surface area contributed by atoms with Gasteiger partial charge in [0.05, 0.1) is 6.10 Å². The molecule has 0 radical (unpaired) electrons. The van der Waals surface area contributed by atoms with Crippen molar-refractivity contribution in [1.29, 1.82) is 0 Å². The Bertz CT molecular complexity index is 696. The molecule has 3 rings (SSSR count). The lowest BCUT2D eigenvalue weighted by atomic mass is 9.72. The van der Waals surface area contributed by atoms with Crippen LogP contribution in [0.1, 0.15) is 48.5 Å². The number of aliphatic hydroxyl groups excluding tert-OH is 1. The smallest absolute Gasteiger partial charge is 0.253 e. The molecule has 1 aromatic rings. The van der Waals surface area contributed by atoms with Crippen LogP contribution in [0.3, 0.4) is 0 Å². The fourth-order valence-electron chi connectivity index (χ4n) is 4.09. The summed E-state index contributed by atoms with van der Waals surface area (Å²) in [6.07, 6.45) is 2.47. The highest BCUT2D eigenvalue weighted by molar-refractivity contribution is 5.94. The van der Waals surface area contributed by atoms with Crippen molar-refractivity contribution in [3.63, 3.8) is 0 Å². The third kappa shape index (κ3) is 3.90. The van der Waals surface area contributed by atoms with Gasteiger partial charge < -0.3 is 14.9 Å². The Balaban J connectivity index is 1.63. The normalized spacial score (nSPS) is 21.2. The molecular weight excluding hydrogens is 335 g/mol. The van der Waals surface area contributed by atoms with Crippen molar-refractivity contribution in [2.24, 2.45) is 5.41 Å². The molecular formula is C20H27FN2O3. The molecule has 5 nitrogen and oxygen atoms in total. The van der Waals surface area contributed by atoms with Gasteiger partial charge in [0.2, 0.25) is 5.91 Å². The van der Waals surface area contributed by atoms with E-state index in [2.05, 4.69) is 0 Å². The van der Waals surface area contributed by atoms with E-state index in [9.17, 15) is 19.1 Å². The maximum absolute atomic E-state index is 13.7. The van der Waals surface area contributed by atoms with Crippen molar-refractivity contribution in [1.82, 2.24) is 9.80 Å². The Kier molecular flexibility index (Phi) is 5.32. The number of aliphatic hydroxyl groups is 1. The summed E-state index contributed by atoms with van der Waals surface area (Å²) in [5.41, 5.74) is 0.945. The van der Waals surface area contributed by atoms with Gasteiger partial charge in [-0.1, -0.05) is 6.07 Å². The van der Waals surface area contributed by atoms with Crippen LogP contribution in [0.5, 0.6) is 0 Å². The van der Waals surface area contributed by atoms with Gasteiger partial charge in [0.1, 0.15) is 5.82 Å². The van der Waals surface area contributed by atoms with Gasteiger partial charge in [0, 0.05) is 38.2 Å². The molecule has 0 bridgehead atoms. The van der Waals surface area contributed by atoms with Crippen LogP contribution in [0.4, 0.5) is 4.39 Å². The third-order valence-corrected chi connectivity index (χ3v) is 5.76. The Morgan fingerprint density at radius 1 is 1.31 bits per heavy atom. The predicted molar refractivity (Wildman–Crippen MR) is 96.2 cm³/mol. The standard InChI is InChI=1S/C20H27FN2O3/c1-14-3-4-16(11-17(14)21)19(26)22-9-7-20(8-10-22)6-5-18(25)23(13-20)12-15(2)24/h3-4,11,15,24H,5-10,12-13H2,1-2H3/t15-/m1/s1. The van der Waals surface area contributed by atoms with E-state index in [1.165, 1.54) is 6.07 Å². The van der Waals surface area contributed by atoms with Crippen LogP contribution in [0.15, 0.2) is 18.2 Å². The molecule has 1 N–H and O–H groups in total. The summed E-state index contributed by atoms with van der Waals surface area (Å²) in [5.74, 6) is -0.388. The van der Waals surface area contributed by atoms with Gasteiger partial charge in [-0.05, 0) is 56.2 Å². The van der Waals surface area contributed by atoms with E-state index in [1.807, 2.05) is 0 Å². The van der Waals surface area contributed by atoms with Crippen LogP contribution in [-0.2, 0) is 4.79 Å². The average Bonchev–Trinajstić information content (AvgIpc) is 2.60. The molecule has 0 aliphatic carbocycles. The number of nitrogens with zero attached hydrogens (tertiary/aromatic N) is 2. The minimum absolute atomic E-state index is 0.0259. The molecule has 2 fully saturated rings. The highest BCUT2D eigenvalue weighted by atomic mass is 19.1. The molecule has 0 saturated carbocycles. The van der Waals surface area contributed by atoms with E-state index in [0.717, 1.165) is 19.3 Å². The van der Waals surface area contributed by atoms with Crippen LogP contribution >= 0.6 is 0 Å². The summed E-state index contributed by atoms with van der Waals surface area (Å²) in [7, 11) is 0. The highest BCUT2D eigenvalue weighted by Gasteiger charge is 2.41. The van der Waals surface area contributed by atoms with Crippen molar-refractivity contribution in [2.75, 3.05) is 26.2 Å². The first-order valence-corrected chi connectivity index (χ1v) is 9.31. The van der Waals surface area contributed by atoms with Crippen molar-refractivity contribution >= 4 is 11.8 Å². The maximum atomic E-state index is 13.7. The lowest BCUT2D eigenvalue weighted by molar-refractivity contribution is -0.140. The number of amides is 2. The van der Waals surface area contributed by atoms with Gasteiger partial charge in [0.15, 0.2) is 0 Å². The summed E-state index contributed by atoms with van der Waals surface area (Å²) in [4.78, 5) is 28.3. The molecule has 1 atom stereocenters. The average molecular weight is 362 g/mol. The molecule has 1 aromatic carbocycles.